The molecule has 2 aromatic rings. The predicted molar refractivity (Wildman–Crippen MR) is 105 cm³/mol. The number of nitrogens with one attached hydrogen (secondary N) is 2. The highest BCUT2D eigenvalue weighted by Crippen LogP contribution is 2.22. The maximum atomic E-state index is 12.1. The molecule has 2 amide bonds. The Morgan fingerprint density at radius 1 is 0.962 bits per heavy atom. The Bertz CT molecular complexity index is 833. The first-order chi connectivity index (χ1) is 12.3. The van der Waals surface area contributed by atoms with Gasteiger partial charge in [0.1, 0.15) is 0 Å². The van der Waals surface area contributed by atoms with Gasteiger partial charge in [0.25, 0.3) is 5.91 Å². The molecule has 0 bridgehead atoms. The molecule has 0 unspecified atom stereocenters. The average Bonchev–Trinajstić information content (AvgIpc) is 2.59. The monoisotopic (exact) mass is 348 g/mol. The number of carbonyl (C=O) groups is 2. The van der Waals surface area contributed by atoms with Gasteiger partial charge in [0, 0.05) is 23.7 Å². The highest BCUT2D eigenvalue weighted by atomic mass is 16.2. The van der Waals surface area contributed by atoms with Crippen molar-refractivity contribution in [1.82, 2.24) is 5.32 Å². The van der Waals surface area contributed by atoms with Crippen LogP contribution in [0.1, 0.15) is 49.2 Å². The normalized spacial score (nSPS) is 10.5. The summed E-state index contributed by atoms with van der Waals surface area (Å²) >= 11 is 0. The fourth-order valence-electron chi connectivity index (χ4n) is 2.33. The molecule has 0 aliphatic carbocycles. The summed E-state index contributed by atoms with van der Waals surface area (Å²) < 4.78 is 0. The lowest BCUT2D eigenvalue weighted by Crippen LogP contribution is -2.23. The van der Waals surface area contributed by atoms with E-state index in [2.05, 4.69) is 43.2 Å². The van der Waals surface area contributed by atoms with Crippen molar-refractivity contribution < 1.29 is 9.59 Å². The molecule has 134 valence electrons. The van der Waals surface area contributed by atoms with Gasteiger partial charge < -0.3 is 10.6 Å². The molecule has 0 aliphatic heterocycles. The van der Waals surface area contributed by atoms with Crippen molar-refractivity contribution in [2.45, 2.75) is 33.1 Å². The number of carbonyl (C=O) groups excluding carboxylic acids is 2. The van der Waals surface area contributed by atoms with Gasteiger partial charge in [0.2, 0.25) is 5.91 Å². The molecule has 4 nitrogen and oxygen atoms in total. The molecule has 0 aromatic heterocycles. The summed E-state index contributed by atoms with van der Waals surface area (Å²) in [5.74, 6) is 5.67. The van der Waals surface area contributed by atoms with E-state index in [-0.39, 0.29) is 23.8 Å². The minimum atomic E-state index is -0.138. The molecule has 0 heterocycles. The lowest BCUT2D eigenvalue weighted by molar-refractivity contribution is -0.114. The highest BCUT2D eigenvalue weighted by Gasteiger charge is 2.13. The second-order valence-corrected chi connectivity index (χ2v) is 7.07. The molecule has 2 rings (SSSR count). The predicted octanol–water partition coefficient (Wildman–Crippen LogP) is 3.72. The Morgan fingerprint density at radius 2 is 1.58 bits per heavy atom. The first-order valence-corrected chi connectivity index (χ1v) is 8.51. The van der Waals surface area contributed by atoms with Crippen molar-refractivity contribution in [1.29, 1.82) is 0 Å². The summed E-state index contributed by atoms with van der Waals surface area (Å²) in [4.78, 5) is 23.1. The van der Waals surface area contributed by atoms with Gasteiger partial charge in [-0.3, -0.25) is 9.59 Å². The molecule has 2 N–H and O–H groups in total. The number of hydrogen-bond acceptors (Lipinski definition) is 2. The lowest BCUT2D eigenvalue weighted by Gasteiger charge is -2.18. The molecule has 0 spiro atoms. The van der Waals surface area contributed by atoms with Crippen molar-refractivity contribution in [2.24, 2.45) is 0 Å². The smallest absolute Gasteiger partial charge is 0.252 e. The molecular formula is C22H24N2O2. The number of benzene rings is 2. The van der Waals surface area contributed by atoms with Crippen molar-refractivity contribution in [2.75, 3.05) is 11.9 Å². The van der Waals surface area contributed by atoms with Crippen LogP contribution in [0.5, 0.6) is 0 Å². The van der Waals surface area contributed by atoms with E-state index in [0.717, 1.165) is 11.3 Å². The van der Waals surface area contributed by atoms with Gasteiger partial charge in [-0.1, -0.05) is 44.7 Å². The molecule has 0 fully saturated rings. The van der Waals surface area contributed by atoms with Crippen LogP contribution in [0.2, 0.25) is 0 Å². The summed E-state index contributed by atoms with van der Waals surface area (Å²) in [6.07, 6.45) is 0. The number of hydrogen-bond donors (Lipinski definition) is 2. The van der Waals surface area contributed by atoms with E-state index in [1.807, 2.05) is 36.4 Å². The summed E-state index contributed by atoms with van der Waals surface area (Å²) in [7, 11) is 0. The van der Waals surface area contributed by atoms with E-state index >= 15 is 0 Å². The van der Waals surface area contributed by atoms with Gasteiger partial charge >= 0.3 is 0 Å². The Labute approximate surface area is 155 Å². The number of anilines is 1. The maximum absolute atomic E-state index is 12.1. The molecule has 0 radical (unpaired) electrons. The number of amides is 2. The zero-order valence-electron chi connectivity index (χ0n) is 15.6. The van der Waals surface area contributed by atoms with Crippen molar-refractivity contribution >= 4 is 17.5 Å². The second-order valence-electron chi connectivity index (χ2n) is 7.07. The third-order valence-electron chi connectivity index (χ3n) is 3.79. The van der Waals surface area contributed by atoms with Gasteiger partial charge in [-0.15, -0.1) is 0 Å². The van der Waals surface area contributed by atoms with Crippen LogP contribution in [0.3, 0.4) is 0 Å². The van der Waals surface area contributed by atoms with Crippen LogP contribution in [-0.4, -0.2) is 18.4 Å². The molecule has 0 saturated heterocycles. The summed E-state index contributed by atoms with van der Waals surface area (Å²) in [6, 6.07) is 14.9. The SMILES string of the molecule is CC(=O)Nc1ccc(C#CCNC(=O)c2ccc(C(C)(C)C)cc2)cc1. The van der Waals surface area contributed by atoms with Gasteiger partial charge in [-0.2, -0.15) is 0 Å². The van der Waals surface area contributed by atoms with Crippen LogP contribution >= 0.6 is 0 Å². The van der Waals surface area contributed by atoms with E-state index in [1.54, 1.807) is 12.1 Å². The minimum absolute atomic E-state index is 0.0654. The number of rotatable bonds is 3. The van der Waals surface area contributed by atoms with Crippen LogP contribution in [0, 0.1) is 11.8 Å². The molecule has 0 aliphatic rings. The van der Waals surface area contributed by atoms with E-state index in [4.69, 9.17) is 0 Å². The van der Waals surface area contributed by atoms with Crippen LogP contribution in [0.25, 0.3) is 0 Å². The zero-order valence-corrected chi connectivity index (χ0v) is 15.6. The van der Waals surface area contributed by atoms with Crippen molar-refractivity contribution in [3.05, 3.63) is 65.2 Å². The first kappa shape index (κ1) is 19.3. The molecule has 0 atom stereocenters. The highest BCUT2D eigenvalue weighted by molar-refractivity contribution is 5.94. The largest absolute Gasteiger partial charge is 0.341 e. The Kier molecular flexibility index (Phi) is 6.19. The van der Waals surface area contributed by atoms with Gasteiger partial charge in [-0.25, -0.2) is 0 Å². The molecule has 0 saturated carbocycles. The van der Waals surface area contributed by atoms with Crippen LogP contribution in [0.4, 0.5) is 5.69 Å². The van der Waals surface area contributed by atoms with E-state index < -0.39 is 0 Å². The van der Waals surface area contributed by atoms with Crippen molar-refractivity contribution in [3.8, 4) is 11.8 Å². The topological polar surface area (TPSA) is 58.2 Å². The molecular weight excluding hydrogens is 324 g/mol. The first-order valence-electron chi connectivity index (χ1n) is 8.51. The molecule has 4 heteroatoms. The molecule has 2 aromatic carbocycles. The summed E-state index contributed by atoms with van der Waals surface area (Å²) in [5, 5.41) is 5.50. The lowest BCUT2D eigenvalue weighted by atomic mass is 9.87. The fourth-order valence-corrected chi connectivity index (χ4v) is 2.33. The Balaban J connectivity index is 1.89. The summed E-state index contributed by atoms with van der Waals surface area (Å²) in [5.41, 5.74) is 3.43. The third kappa shape index (κ3) is 5.78. The van der Waals surface area contributed by atoms with Crippen LogP contribution < -0.4 is 10.6 Å². The van der Waals surface area contributed by atoms with Crippen molar-refractivity contribution in [3.63, 3.8) is 0 Å². The van der Waals surface area contributed by atoms with Crippen LogP contribution in [0.15, 0.2) is 48.5 Å². The van der Waals surface area contributed by atoms with Gasteiger partial charge in [0.05, 0.1) is 6.54 Å². The maximum Gasteiger partial charge on any atom is 0.252 e. The third-order valence-corrected chi connectivity index (χ3v) is 3.79. The zero-order chi connectivity index (χ0) is 19.2. The van der Waals surface area contributed by atoms with E-state index in [9.17, 15) is 9.59 Å². The Morgan fingerprint density at radius 3 is 2.12 bits per heavy atom. The van der Waals surface area contributed by atoms with Gasteiger partial charge in [-0.05, 0) is 47.4 Å². The fraction of sp³-hybridized carbons (Fsp3) is 0.273. The summed E-state index contributed by atoms with van der Waals surface area (Å²) in [6.45, 7) is 8.15. The minimum Gasteiger partial charge on any atom is -0.341 e. The van der Waals surface area contributed by atoms with E-state index in [1.165, 1.54) is 12.5 Å². The quantitative estimate of drug-likeness (QED) is 0.831. The standard InChI is InChI=1S/C22H24N2O2/c1-16(25)24-20-13-7-17(8-14-20)6-5-15-23-21(26)18-9-11-19(12-10-18)22(2,3)4/h7-14H,15H2,1-4H3,(H,23,26)(H,24,25). The van der Waals surface area contributed by atoms with Crippen LogP contribution in [-0.2, 0) is 10.2 Å². The average molecular weight is 348 g/mol. The Hall–Kier alpha value is -3.06. The second kappa shape index (κ2) is 8.35. The molecule has 26 heavy (non-hydrogen) atoms. The van der Waals surface area contributed by atoms with E-state index in [0.29, 0.717) is 5.56 Å². The van der Waals surface area contributed by atoms with Gasteiger partial charge in [0.15, 0.2) is 0 Å².